The average molecular weight is 411 g/mol. The number of nitrogens with zero attached hydrogens (tertiary/aromatic N) is 7. The first kappa shape index (κ1) is 17.9. The Morgan fingerprint density at radius 3 is 2.66 bits per heavy atom. The Balaban J connectivity index is 1.39. The predicted molar refractivity (Wildman–Crippen MR) is 103 cm³/mol. The third-order valence-corrected chi connectivity index (χ3v) is 6.07. The maximum absolute atomic E-state index is 12.9. The third-order valence-electron chi connectivity index (χ3n) is 5.35. The Morgan fingerprint density at radius 1 is 1.21 bits per heavy atom. The number of non-ortho nitro benzene ring substituents is 1. The Bertz CT molecular complexity index is 1100. The second kappa shape index (κ2) is 6.69. The van der Waals surface area contributed by atoms with Gasteiger partial charge in [0.05, 0.1) is 11.0 Å². The molecule has 1 aromatic carbocycles. The van der Waals surface area contributed by atoms with Crippen molar-refractivity contribution in [3.8, 4) is 10.8 Å². The van der Waals surface area contributed by atoms with Crippen LogP contribution in [-0.2, 0) is 6.54 Å². The number of amides is 1. The highest BCUT2D eigenvalue weighted by molar-refractivity contribution is 7.09. The van der Waals surface area contributed by atoms with Crippen molar-refractivity contribution < 1.29 is 9.72 Å². The van der Waals surface area contributed by atoms with Crippen LogP contribution in [0.4, 0.5) is 5.69 Å². The molecule has 3 heterocycles. The van der Waals surface area contributed by atoms with Gasteiger partial charge in [-0.05, 0) is 43.4 Å². The summed E-state index contributed by atoms with van der Waals surface area (Å²) in [6.45, 7) is 2.95. The van der Waals surface area contributed by atoms with E-state index in [2.05, 4.69) is 19.6 Å². The Labute approximate surface area is 169 Å². The fraction of sp³-hybridized carbons (Fsp3) is 0.389. The molecule has 148 valence electrons. The van der Waals surface area contributed by atoms with E-state index < -0.39 is 4.92 Å². The van der Waals surface area contributed by atoms with E-state index in [1.165, 1.54) is 35.8 Å². The molecular formula is C18H17N7O3S. The number of hydrogen-bond acceptors (Lipinski definition) is 8. The van der Waals surface area contributed by atoms with E-state index in [-0.39, 0.29) is 17.6 Å². The molecule has 0 radical (unpaired) electrons. The van der Waals surface area contributed by atoms with Gasteiger partial charge in [-0.25, -0.2) is 4.98 Å². The number of rotatable bonds is 4. The minimum atomic E-state index is -0.482. The van der Waals surface area contributed by atoms with Gasteiger partial charge in [0.25, 0.3) is 11.6 Å². The number of nitro benzene ring substituents is 1. The van der Waals surface area contributed by atoms with Crippen LogP contribution >= 0.6 is 11.5 Å². The predicted octanol–water partition coefficient (Wildman–Crippen LogP) is 2.80. The number of carbonyl (C=O) groups excluding carboxylic acids is 1. The van der Waals surface area contributed by atoms with Gasteiger partial charge in [-0.1, -0.05) is 0 Å². The summed E-state index contributed by atoms with van der Waals surface area (Å²) >= 11 is 1.34. The monoisotopic (exact) mass is 411 g/mol. The highest BCUT2D eigenvalue weighted by Gasteiger charge is 2.34. The van der Waals surface area contributed by atoms with Gasteiger partial charge in [-0.3, -0.25) is 14.9 Å². The van der Waals surface area contributed by atoms with Gasteiger partial charge in [0.15, 0.2) is 16.7 Å². The first-order chi connectivity index (χ1) is 14.0. The molecule has 1 amide bonds. The standard InChI is InChI=1S/C18H17N7O3S/c1-10-15-20-21-16(17-19-14(22-29-17)11-2-3-11)24(15)9-8-23(10)18(26)12-4-6-13(7-5-12)25(27)28/h4-7,10-11H,2-3,8-9H2,1H3/t10-/m1/s1. The van der Waals surface area contributed by atoms with Crippen LogP contribution in [0.25, 0.3) is 10.8 Å². The van der Waals surface area contributed by atoms with Crippen molar-refractivity contribution in [3.05, 3.63) is 51.6 Å². The van der Waals surface area contributed by atoms with Gasteiger partial charge >= 0.3 is 0 Å². The molecule has 11 heteroatoms. The van der Waals surface area contributed by atoms with Gasteiger partial charge in [0.1, 0.15) is 5.82 Å². The summed E-state index contributed by atoms with van der Waals surface area (Å²) in [5.41, 5.74) is 0.370. The van der Waals surface area contributed by atoms with Crippen LogP contribution in [0.5, 0.6) is 0 Å². The molecule has 1 saturated carbocycles. The fourth-order valence-corrected chi connectivity index (χ4v) is 4.28. The van der Waals surface area contributed by atoms with Crippen molar-refractivity contribution in [3.63, 3.8) is 0 Å². The molecule has 0 saturated heterocycles. The minimum Gasteiger partial charge on any atom is -0.327 e. The van der Waals surface area contributed by atoms with Crippen molar-refractivity contribution >= 4 is 23.1 Å². The Kier molecular flexibility index (Phi) is 4.12. The molecule has 2 aromatic heterocycles. The lowest BCUT2D eigenvalue weighted by molar-refractivity contribution is -0.384. The van der Waals surface area contributed by atoms with Crippen LogP contribution in [0.2, 0.25) is 0 Å². The number of fused-ring (bicyclic) bond motifs is 1. The second-order valence-electron chi connectivity index (χ2n) is 7.24. The zero-order valence-electron chi connectivity index (χ0n) is 15.6. The zero-order chi connectivity index (χ0) is 20.1. The van der Waals surface area contributed by atoms with Crippen molar-refractivity contribution in [1.82, 2.24) is 29.0 Å². The molecule has 1 aliphatic carbocycles. The van der Waals surface area contributed by atoms with Crippen molar-refractivity contribution in [1.29, 1.82) is 0 Å². The Hall–Kier alpha value is -3.21. The number of aromatic nitrogens is 5. The number of hydrogen-bond donors (Lipinski definition) is 0. The van der Waals surface area contributed by atoms with Crippen LogP contribution in [0.1, 0.15) is 53.7 Å². The molecule has 0 unspecified atom stereocenters. The van der Waals surface area contributed by atoms with Crippen molar-refractivity contribution in [2.45, 2.75) is 38.3 Å². The van der Waals surface area contributed by atoms with Crippen LogP contribution in [0, 0.1) is 10.1 Å². The summed E-state index contributed by atoms with van der Waals surface area (Å²) in [6, 6.07) is 5.38. The topological polar surface area (TPSA) is 120 Å². The molecule has 0 bridgehead atoms. The number of nitro groups is 1. The summed E-state index contributed by atoms with van der Waals surface area (Å²) in [4.78, 5) is 29.6. The SMILES string of the molecule is C[C@@H]1c2nnc(-c3nc(C4CC4)ns3)n2CCN1C(=O)c1ccc([N+](=O)[O-])cc1. The first-order valence-electron chi connectivity index (χ1n) is 9.35. The van der Waals surface area contributed by atoms with Gasteiger partial charge in [0, 0.05) is 36.7 Å². The molecule has 2 aliphatic rings. The first-order valence-corrected chi connectivity index (χ1v) is 10.1. The molecular weight excluding hydrogens is 394 g/mol. The summed E-state index contributed by atoms with van der Waals surface area (Å²) in [7, 11) is 0. The maximum Gasteiger partial charge on any atom is 0.269 e. The molecule has 29 heavy (non-hydrogen) atoms. The van der Waals surface area contributed by atoms with E-state index in [0.717, 1.165) is 23.7 Å². The van der Waals surface area contributed by atoms with E-state index in [4.69, 9.17) is 0 Å². The number of carbonyl (C=O) groups is 1. The van der Waals surface area contributed by atoms with Gasteiger partial charge in [-0.15, -0.1) is 10.2 Å². The smallest absolute Gasteiger partial charge is 0.269 e. The molecule has 0 N–H and O–H groups in total. The van der Waals surface area contributed by atoms with E-state index in [9.17, 15) is 14.9 Å². The quantitative estimate of drug-likeness (QED) is 0.478. The molecule has 0 spiro atoms. The van der Waals surface area contributed by atoms with Gasteiger partial charge < -0.3 is 9.47 Å². The normalized spacial score (nSPS) is 18.5. The summed E-state index contributed by atoms with van der Waals surface area (Å²) in [6.07, 6.45) is 2.29. The average Bonchev–Trinajstić information content (AvgIpc) is 3.30. The summed E-state index contributed by atoms with van der Waals surface area (Å²) in [5, 5.41) is 20.2. The molecule has 3 aromatic rings. The van der Waals surface area contributed by atoms with E-state index in [1.54, 1.807) is 4.90 Å². The van der Waals surface area contributed by atoms with E-state index in [1.807, 2.05) is 11.5 Å². The third kappa shape index (κ3) is 3.07. The van der Waals surface area contributed by atoms with Crippen molar-refractivity contribution in [2.75, 3.05) is 6.54 Å². The summed E-state index contributed by atoms with van der Waals surface area (Å²) < 4.78 is 6.44. The highest BCUT2D eigenvalue weighted by atomic mass is 32.1. The minimum absolute atomic E-state index is 0.0414. The highest BCUT2D eigenvalue weighted by Crippen LogP contribution is 2.40. The lowest BCUT2D eigenvalue weighted by Gasteiger charge is -2.33. The summed E-state index contributed by atoms with van der Waals surface area (Å²) in [5.74, 6) is 2.58. The molecule has 1 aliphatic heterocycles. The molecule has 1 fully saturated rings. The van der Waals surface area contributed by atoms with Crippen LogP contribution < -0.4 is 0 Å². The largest absolute Gasteiger partial charge is 0.327 e. The number of benzene rings is 1. The van der Waals surface area contributed by atoms with Crippen LogP contribution in [-0.4, -0.2) is 46.4 Å². The second-order valence-corrected chi connectivity index (χ2v) is 8.00. The molecule has 1 atom stereocenters. The van der Waals surface area contributed by atoms with Gasteiger partial charge in [-0.2, -0.15) is 4.37 Å². The lowest BCUT2D eigenvalue weighted by atomic mass is 10.1. The maximum atomic E-state index is 12.9. The Morgan fingerprint density at radius 2 is 1.97 bits per heavy atom. The molecule has 5 rings (SSSR count). The van der Waals surface area contributed by atoms with Crippen molar-refractivity contribution in [2.24, 2.45) is 0 Å². The zero-order valence-corrected chi connectivity index (χ0v) is 16.4. The van der Waals surface area contributed by atoms with Gasteiger partial charge in [0.2, 0.25) is 0 Å². The van der Waals surface area contributed by atoms with Crippen LogP contribution in [0.15, 0.2) is 24.3 Å². The van der Waals surface area contributed by atoms with E-state index in [0.29, 0.717) is 36.2 Å². The fourth-order valence-electron chi connectivity index (χ4n) is 3.55. The van der Waals surface area contributed by atoms with E-state index >= 15 is 0 Å². The lowest BCUT2D eigenvalue weighted by Crippen LogP contribution is -2.41. The molecule has 10 nitrogen and oxygen atoms in total. The van der Waals surface area contributed by atoms with Crippen LogP contribution in [0.3, 0.4) is 0 Å².